The highest BCUT2D eigenvalue weighted by Gasteiger charge is 2.66. The number of halogens is 3. The highest BCUT2D eigenvalue weighted by atomic mass is 19.4. The van der Waals surface area contributed by atoms with Gasteiger partial charge >= 0.3 is 6.18 Å². The maximum absolute atomic E-state index is 13.4. The highest BCUT2D eigenvalue weighted by Crippen LogP contribution is 2.71. The molecule has 32 atom stereocenters. The van der Waals surface area contributed by atoms with Crippen molar-refractivity contribution in [3.05, 3.63) is 96.1 Å². The lowest BCUT2D eigenvalue weighted by Gasteiger charge is -2.57. The van der Waals surface area contributed by atoms with Crippen molar-refractivity contribution >= 4 is 23.1 Å². The second-order valence-corrected chi connectivity index (χ2v) is 45.0. The van der Waals surface area contributed by atoms with Crippen LogP contribution in [-0.4, -0.2) is 106 Å². The standard InChI is InChI=1S/C26H39NO3.C26H39NO2.C25H34F3NO2.C25H37NO2/c1-25-11-9-20-19-10-12-26(29,16-30-2)15-17(19)5-6-21(20)22(25)7-8-23(25)24(28)14-18-4-3-13-27-18;1-3-26(29)13-11-19-17(16-26)6-7-21-20(19)10-12-25(2)22(21)8-9-23(25)24(28)15-18-5-4-14-27-18;1-23-10-8-18-17-9-11-24(31,25(26,27)28)14-15(17)4-5-19(18)20(23)6-7-21(23)22(30)13-16-3-2-12-29-16;1-24(28)11-9-18-16(15-24)5-6-20-19(18)10-12-25(2)21(20)7-8-22(25)23(27)14-17-4-3-13-26-17/h3-4,13,17,19-23,27,29H,5-12,14-16H2,1-2H3;4-5,14,17,19-23,27,29H,3,6-13,15-16H2,1-2H3;2-3,12,15,17-21,29,31H,4-11,13-14H2,1H3;3-4,13,16,18-22,26,28H,5-12,14-15H2,1-2H3/t2*17-,19+,20-,21-,22+,23-,25+,26-;15-,17+,18-,19-,20+,21-,23+,24-;16-,18+,19-,20-,21+,22-,24-,25+/m1111/s1. The molecule has 16 aliphatic rings. The number of ether oxygens (including phenoxy) is 1. The van der Waals surface area contributed by atoms with Gasteiger partial charge in [0.2, 0.25) is 0 Å². The molecule has 0 aromatic carbocycles. The molecule has 13 nitrogen and oxygen atoms in total. The fraction of sp³-hybridized carbons (Fsp3) is 0.804. The summed E-state index contributed by atoms with van der Waals surface area (Å²) < 4.78 is 45.6. The molecule has 16 saturated carbocycles. The van der Waals surface area contributed by atoms with E-state index in [4.69, 9.17) is 4.74 Å². The molecule has 0 saturated heterocycles. The minimum atomic E-state index is -4.53. The Bertz CT molecular complexity index is 4080. The van der Waals surface area contributed by atoms with Crippen molar-refractivity contribution in [2.45, 2.75) is 333 Å². The summed E-state index contributed by atoms with van der Waals surface area (Å²) in [6, 6.07) is 16.0. The minimum Gasteiger partial charge on any atom is -0.390 e. The number of rotatable bonds is 15. The molecule has 4 heterocycles. The first kappa shape index (κ1) is 85.6. The number of carbonyl (C=O) groups excluding carboxylic acids is 4. The predicted octanol–water partition coefficient (Wildman–Crippen LogP) is 21.1. The third-order valence-corrected chi connectivity index (χ3v) is 39.7. The summed E-state index contributed by atoms with van der Waals surface area (Å²) in [4.78, 5) is 65.6. The molecule has 118 heavy (non-hydrogen) atoms. The molecule has 0 aliphatic heterocycles. The van der Waals surface area contributed by atoms with Crippen LogP contribution in [0.5, 0.6) is 0 Å². The SMILES string of the molecule is CC[C@@]1(O)CC[C@H]2[C@H](CC[C@@H]3[C@@H]2CC[C@]2(C)[C@@H](C(=O)Cc4ccc[nH]4)CC[C@@H]32)C1.COC[C@@]1(O)CC[C@H]2[C@H](CC[C@@H]3[C@@H]2CC[C@]2(C)[C@@H](C(=O)Cc4ccc[nH]4)CC[C@@H]32)C1.C[C@@]1(O)CC[C@H]2[C@H](CC[C@@H]3[C@@H]2CC[C@]2(C)[C@@H](C(=O)Cc4ccc[nH]4)CC[C@@H]32)C1.C[C@]12CC[C@H]3[C@@H](CC[C@@H]4C[C@@](O)(C(F)(F)F)CC[C@@H]43)[C@@H]1CC[C@@H]2C(=O)Cc1ccc[nH]1. The van der Waals surface area contributed by atoms with Crippen LogP contribution in [0.15, 0.2) is 73.3 Å². The van der Waals surface area contributed by atoms with E-state index in [0.717, 1.165) is 215 Å². The summed E-state index contributed by atoms with van der Waals surface area (Å²) in [5.41, 5.74) is 0.928. The van der Waals surface area contributed by atoms with Crippen molar-refractivity contribution in [2.24, 2.45) is 164 Å². The van der Waals surface area contributed by atoms with E-state index >= 15 is 0 Å². The van der Waals surface area contributed by atoms with Crippen molar-refractivity contribution < 1.29 is 57.5 Å². The number of aliphatic hydroxyl groups is 4. The number of hydrogen-bond donors (Lipinski definition) is 8. The second-order valence-electron chi connectivity index (χ2n) is 45.0. The van der Waals surface area contributed by atoms with Crippen LogP contribution >= 0.6 is 0 Å². The first-order valence-corrected chi connectivity index (χ1v) is 48.4. The van der Waals surface area contributed by atoms with Crippen molar-refractivity contribution in [1.82, 2.24) is 19.9 Å². The Kier molecular flexibility index (Phi) is 24.2. The summed E-state index contributed by atoms with van der Waals surface area (Å²) >= 11 is 0. The van der Waals surface area contributed by atoms with E-state index < -0.39 is 23.0 Å². The molecule has 0 bridgehead atoms. The van der Waals surface area contributed by atoms with E-state index in [1.807, 2.05) is 80.2 Å². The molecular formula is C102H149F3N4O9. The Morgan fingerprint density at radius 3 is 0.949 bits per heavy atom. The number of aromatic amines is 4. The van der Waals surface area contributed by atoms with Crippen molar-refractivity contribution in [1.29, 1.82) is 0 Å². The molecule has 0 radical (unpaired) electrons. The number of aromatic nitrogens is 4. The molecule has 652 valence electrons. The first-order chi connectivity index (χ1) is 56.4. The smallest absolute Gasteiger partial charge is 0.390 e. The molecule has 16 aliphatic carbocycles. The average Bonchev–Trinajstić information content (AvgIpc) is 1.49. The van der Waals surface area contributed by atoms with Crippen molar-refractivity contribution in [3.8, 4) is 0 Å². The number of methoxy groups -OCH3 is 1. The van der Waals surface area contributed by atoms with E-state index in [1.165, 1.54) is 109 Å². The zero-order valence-corrected chi connectivity index (χ0v) is 72.9. The summed E-state index contributed by atoms with van der Waals surface area (Å²) in [6.07, 6.45) is 44.2. The van der Waals surface area contributed by atoms with E-state index in [9.17, 15) is 52.8 Å². The van der Waals surface area contributed by atoms with Gasteiger partial charge < -0.3 is 45.1 Å². The van der Waals surface area contributed by atoms with E-state index in [2.05, 4.69) is 54.6 Å². The van der Waals surface area contributed by atoms with Gasteiger partial charge in [-0.1, -0.05) is 34.6 Å². The molecule has 16 fully saturated rings. The topological polar surface area (TPSA) is 222 Å². The van der Waals surface area contributed by atoms with E-state index in [1.54, 1.807) is 7.11 Å². The molecule has 8 N–H and O–H groups in total. The fourth-order valence-corrected chi connectivity index (χ4v) is 34.1. The molecule has 16 heteroatoms. The first-order valence-electron chi connectivity index (χ1n) is 48.4. The third-order valence-electron chi connectivity index (χ3n) is 39.7. The van der Waals surface area contributed by atoms with E-state index in [0.29, 0.717) is 91.4 Å². The minimum absolute atomic E-state index is 0.0160. The fourth-order valence-electron chi connectivity index (χ4n) is 34.1. The number of alkyl halides is 3. The summed E-state index contributed by atoms with van der Waals surface area (Å²) in [5.74, 6) is 16.1. The lowest BCUT2D eigenvalue weighted by atomic mass is 9.48. The average molecular weight is 1630 g/mol. The van der Waals surface area contributed by atoms with Crippen molar-refractivity contribution in [3.63, 3.8) is 0 Å². The Labute approximate surface area is 703 Å². The van der Waals surface area contributed by atoms with Crippen LogP contribution in [0, 0.1) is 164 Å². The zero-order chi connectivity index (χ0) is 82.7. The predicted molar refractivity (Wildman–Crippen MR) is 454 cm³/mol. The number of ketones is 4. The second kappa shape index (κ2) is 33.4. The van der Waals surface area contributed by atoms with Crippen LogP contribution in [0.4, 0.5) is 13.2 Å². The maximum Gasteiger partial charge on any atom is 0.417 e. The molecule has 20 rings (SSSR count). The quantitative estimate of drug-likeness (QED) is 0.0566. The number of fused-ring (bicyclic) bond motifs is 20. The van der Waals surface area contributed by atoms with Crippen LogP contribution in [0.3, 0.4) is 0 Å². The van der Waals surface area contributed by atoms with Crippen molar-refractivity contribution in [2.75, 3.05) is 13.7 Å². The number of hydrogen-bond acceptors (Lipinski definition) is 9. The Hall–Kier alpha value is -4.61. The Balaban J connectivity index is 0.000000113. The Morgan fingerprint density at radius 2 is 0.644 bits per heavy atom. The van der Waals surface area contributed by atoms with Gasteiger partial charge in [-0.05, 0) is 433 Å². The molecular weight excluding hydrogens is 1480 g/mol. The van der Waals surface area contributed by atoms with Gasteiger partial charge in [-0.25, -0.2) is 0 Å². The van der Waals surface area contributed by atoms with Crippen LogP contribution in [0.25, 0.3) is 0 Å². The monoisotopic (exact) mass is 1630 g/mol. The van der Waals surface area contributed by atoms with Crippen LogP contribution in [-0.2, 0) is 49.6 Å². The highest BCUT2D eigenvalue weighted by molar-refractivity contribution is 5.86. The number of nitrogens with one attached hydrogen (secondary N) is 4. The lowest BCUT2D eigenvalue weighted by Crippen LogP contribution is -2.55. The maximum atomic E-state index is 13.4. The van der Waals surface area contributed by atoms with Gasteiger partial charge in [-0.2, -0.15) is 13.2 Å². The number of Topliss-reactive ketones (excluding diaryl/α,β-unsaturated/α-hetero) is 4. The number of carbonyl (C=O) groups is 4. The molecule has 4 aromatic heterocycles. The van der Waals surface area contributed by atoms with Crippen LogP contribution in [0.1, 0.15) is 302 Å². The van der Waals surface area contributed by atoms with Gasteiger partial charge in [0.05, 0.1) is 23.4 Å². The van der Waals surface area contributed by atoms with Gasteiger partial charge in [0.15, 0.2) is 5.60 Å². The summed E-state index contributed by atoms with van der Waals surface area (Å²) in [7, 11) is 1.70. The van der Waals surface area contributed by atoms with Crippen LogP contribution < -0.4 is 0 Å². The van der Waals surface area contributed by atoms with Crippen LogP contribution in [0.2, 0.25) is 0 Å². The van der Waals surface area contributed by atoms with Gasteiger partial charge in [0, 0.05) is 104 Å². The molecule has 4 aromatic rings. The lowest BCUT2D eigenvalue weighted by molar-refractivity contribution is -0.282. The van der Waals surface area contributed by atoms with Gasteiger partial charge in [0.25, 0.3) is 0 Å². The molecule has 0 unspecified atom stereocenters. The largest absolute Gasteiger partial charge is 0.417 e. The molecule has 0 spiro atoms. The normalized spacial score (nSPS) is 46.2. The van der Waals surface area contributed by atoms with E-state index in [-0.39, 0.29) is 69.7 Å². The summed E-state index contributed by atoms with van der Waals surface area (Å²) in [6.45, 7) is 14.4. The van der Waals surface area contributed by atoms with Gasteiger partial charge in [-0.3, -0.25) is 19.2 Å². The summed E-state index contributed by atoms with van der Waals surface area (Å²) in [5, 5.41) is 42.6. The Morgan fingerprint density at radius 1 is 0.356 bits per heavy atom. The molecule has 0 amide bonds. The third kappa shape index (κ3) is 16.0. The van der Waals surface area contributed by atoms with Gasteiger partial charge in [0.1, 0.15) is 23.1 Å². The van der Waals surface area contributed by atoms with Gasteiger partial charge in [-0.15, -0.1) is 0 Å². The number of H-pyrrole nitrogens is 4. The zero-order valence-electron chi connectivity index (χ0n) is 72.9.